The zero-order valence-electron chi connectivity index (χ0n) is 13.4. The van der Waals surface area contributed by atoms with Gasteiger partial charge in [-0.25, -0.2) is 0 Å². The highest BCUT2D eigenvalue weighted by Crippen LogP contribution is 2.35. The zero-order valence-corrected chi connectivity index (χ0v) is 14.9. The van der Waals surface area contributed by atoms with Crippen LogP contribution in [0.25, 0.3) is 0 Å². The summed E-state index contributed by atoms with van der Waals surface area (Å²) >= 11 is 12.3. The summed E-state index contributed by atoms with van der Waals surface area (Å²) in [4.78, 5) is 14.1. The highest BCUT2D eigenvalue weighted by Gasteiger charge is 2.36. The maximum Gasteiger partial charge on any atom is 0.222 e. The van der Waals surface area contributed by atoms with E-state index >= 15 is 0 Å². The van der Waals surface area contributed by atoms with Crippen LogP contribution in [0.15, 0.2) is 18.2 Å². The van der Waals surface area contributed by atoms with Crippen molar-refractivity contribution in [3.63, 3.8) is 0 Å². The van der Waals surface area contributed by atoms with E-state index in [0.29, 0.717) is 34.3 Å². The van der Waals surface area contributed by atoms with Crippen molar-refractivity contribution in [2.24, 2.45) is 5.92 Å². The number of nitrogens with zero attached hydrogens (tertiary/aromatic N) is 1. The molecule has 3 unspecified atom stereocenters. The quantitative estimate of drug-likeness (QED) is 0.803. The van der Waals surface area contributed by atoms with Crippen LogP contribution < -0.4 is 0 Å². The van der Waals surface area contributed by atoms with Gasteiger partial charge in [-0.05, 0) is 55.7 Å². The molecule has 1 amide bonds. The number of benzene rings is 1. The summed E-state index contributed by atoms with van der Waals surface area (Å²) in [5.74, 6) is 0.694. The molecule has 0 radical (unpaired) electrons. The Labute approximate surface area is 147 Å². The first-order valence-corrected chi connectivity index (χ1v) is 9.10. The summed E-state index contributed by atoms with van der Waals surface area (Å²) in [6.07, 6.45) is 5.83. The van der Waals surface area contributed by atoms with E-state index in [0.717, 1.165) is 44.2 Å². The Balaban J connectivity index is 1.73. The highest BCUT2D eigenvalue weighted by molar-refractivity contribution is 6.35. The molecule has 1 aliphatic carbocycles. The molecule has 1 saturated carbocycles. The van der Waals surface area contributed by atoms with Crippen molar-refractivity contribution in [1.82, 2.24) is 4.90 Å². The predicted octanol–water partition coefficient (Wildman–Crippen LogP) is 4.34. The predicted molar refractivity (Wildman–Crippen MR) is 93.0 cm³/mol. The smallest absolute Gasteiger partial charge is 0.222 e. The number of hydrogen-bond donors (Lipinski definition) is 0. The van der Waals surface area contributed by atoms with E-state index in [-0.39, 0.29) is 6.10 Å². The maximum atomic E-state index is 12.0. The fourth-order valence-electron chi connectivity index (χ4n) is 4.04. The Bertz CT molecular complexity index is 578. The fraction of sp³-hybridized carbons (Fsp3) is 0.611. The number of amides is 1. The Morgan fingerprint density at radius 3 is 2.78 bits per heavy atom. The van der Waals surface area contributed by atoms with Crippen molar-refractivity contribution in [1.29, 1.82) is 0 Å². The second kappa shape index (κ2) is 7.42. The van der Waals surface area contributed by atoms with Gasteiger partial charge in [-0.2, -0.15) is 0 Å². The molecule has 1 saturated heterocycles. The van der Waals surface area contributed by atoms with Crippen LogP contribution in [-0.2, 0) is 16.0 Å². The van der Waals surface area contributed by atoms with Gasteiger partial charge in [0.15, 0.2) is 0 Å². The van der Waals surface area contributed by atoms with Gasteiger partial charge >= 0.3 is 0 Å². The second-order valence-corrected chi connectivity index (χ2v) is 7.48. The molecule has 23 heavy (non-hydrogen) atoms. The van der Waals surface area contributed by atoms with Crippen molar-refractivity contribution in [2.75, 3.05) is 13.7 Å². The molecular formula is C18H23Cl2NO2. The molecule has 3 rings (SSSR count). The van der Waals surface area contributed by atoms with Crippen LogP contribution in [0.1, 0.15) is 37.7 Å². The summed E-state index contributed by atoms with van der Waals surface area (Å²) in [5.41, 5.74) is 1.11. The number of hydrogen-bond acceptors (Lipinski definition) is 2. The van der Waals surface area contributed by atoms with E-state index in [2.05, 4.69) is 4.90 Å². The van der Waals surface area contributed by atoms with Gasteiger partial charge < -0.3 is 9.64 Å². The topological polar surface area (TPSA) is 29.5 Å². The van der Waals surface area contributed by atoms with Crippen LogP contribution in [0.3, 0.4) is 0 Å². The van der Waals surface area contributed by atoms with Gasteiger partial charge in [-0.1, -0.05) is 29.3 Å². The van der Waals surface area contributed by atoms with Crippen LogP contribution in [0.2, 0.25) is 10.0 Å². The molecule has 0 aromatic heterocycles. The molecule has 0 bridgehead atoms. The third kappa shape index (κ3) is 3.84. The summed E-state index contributed by atoms with van der Waals surface area (Å²) in [5, 5.41) is 1.37. The lowest BCUT2D eigenvalue weighted by Crippen LogP contribution is -2.44. The minimum Gasteiger partial charge on any atom is -0.381 e. The fourth-order valence-corrected chi connectivity index (χ4v) is 4.53. The number of likely N-dealkylation sites (tertiary alicyclic amines) is 1. The molecule has 3 nitrogen and oxygen atoms in total. The first-order valence-electron chi connectivity index (χ1n) is 8.34. The number of carbonyl (C=O) groups excluding carboxylic acids is 1. The molecule has 1 aromatic carbocycles. The lowest BCUT2D eigenvalue weighted by Gasteiger charge is -2.39. The van der Waals surface area contributed by atoms with Gasteiger partial charge in [-0.3, -0.25) is 4.79 Å². The molecule has 126 valence electrons. The average molecular weight is 356 g/mol. The van der Waals surface area contributed by atoms with E-state index in [1.807, 2.05) is 12.1 Å². The monoisotopic (exact) mass is 355 g/mol. The zero-order chi connectivity index (χ0) is 16.4. The molecule has 1 heterocycles. The number of carbonyl (C=O) groups is 1. The van der Waals surface area contributed by atoms with Crippen molar-refractivity contribution in [2.45, 2.75) is 50.7 Å². The van der Waals surface area contributed by atoms with E-state index in [4.69, 9.17) is 27.9 Å². The Morgan fingerprint density at radius 2 is 2.13 bits per heavy atom. The van der Waals surface area contributed by atoms with Crippen LogP contribution in [-0.4, -0.2) is 36.6 Å². The standard InChI is InChI=1S/C18H23Cl2NO2/c1-23-17-7-6-15(21-8-2-3-18(21)22)10-13(17)9-12-4-5-14(19)11-16(12)20/h4-5,11,13,15,17H,2-3,6-10H2,1H3. The molecule has 2 fully saturated rings. The molecule has 1 aliphatic heterocycles. The second-order valence-electron chi connectivity index (χ2n) is 6.63. The van der Waals surface area contributed by atoms with E-state index in [1.54, 1.807) is 13.2 Å². The minimum atomic E-state index is 0.232. The van der Waals surface area contributed by atoms with Crippen molar-refractivity contribution < 1.29 is 9.53 Å². The maximum absolute atomic E-state index is 12.0. The van der Waals surface area contributed by atoms with Crippen LogP contribution >= 0.6 is 23.2 Å². The van der Waals surface area contributed by atoms with Crippen molar-refractivity contribution in [3.05, 3.63) is 33.8 Å². The Kier molecular flexibility index (Phi) is 5.50. The van der Waals surface area contributed by atoms with E-state index in [1.165, 1.54) is 0 Å². The molecule has 2 aliphatic rings. The first-order chi connectivity index (χ1) is 11.1. The molecule has 3 atom stereocenters. The third-order valence-corrected chi connectivity index (χ3v) is 5.82. The lowest BCUT2D eigenvalue weighted by molar-refractivity contribution is -0.131. The van der Waals surface area contributed by atoms with Gasteiger partial charge in [0.05, 0.1) is 6.10 Å². The lowest BCUT2D eigenvalue weighted by atomic mass is 9.79. The van der Waals surface area contributed by atoms with Gasteiger partial charge in [0.1, 0.15) is 0 Å². The van der Waals surface area contributed by atoms with Crippen molar-refractivity contribution in [3.8, 4) is 0 Å². The van der Waals surface area contributed by atoms with E-state index < -0.39 is 0 Å². The molecule has 0 spiro atoms. The molecule has 0 N–H and O–H groups in total. The van der Waals surface area contributed by atoms with Gasteiger partial charge in [0.25, 0.3) is 0 Å². The number of rotatable bonds is 4. The van der Waals surface area contributed by atoms with Gasteiger partial charge in [-0.15, -0.1) is 0 Å². The highest BCUT2D eigenvalue weighted by atomic mass is 35.5. The van der Waals surface area contributed by atoms with Crippen LogP contribution in [0, 0.1) is 5.92 Å². The summed E-state index contributed by atoms with van der Waals surface area (Å²) in [6, 6.07) is 6.04. The number of halogens is 2. The van der Waals surface area contributed by atoms with Gasteiger partial charge in [0.2, 0.25) is 5.91 Å². The van der Waals surface area contributed by atoms with E-state index in [9.17, 15) is 4.79 Å². The molecule has 1 aromatic rings. The Hall–Kier alpha value is -0.770. The first kappa shape index (κ1) is 17.1. The van der Waals surface area contributed by atoms with Crippen molar-refractivity contribution >= 4 is 29.1 Å². The number of methoxy groups -OCH3 is 1. The third-order valence-electron chi connectivity index (χ3n) is 5.24. The van der Waals surface area contributed by atoms with Crippen LogP contribution in [0.4, 0.5) is 0 Å². The minimum absolute atomic E-state index is 0.232. The summed E-state index contributed by atoms with van der Waals surface area (Å²) < 4.78 is 5.70. The summed E-state index contributed by atoms with van der Waals surface area (Å²) in [6.45, 7) is 0.912. The largest absolute Gasteiger partial charge is 0.381 e. The molecule has 5 heteroatoms. The Morgan fingerprint density at radius 1 is 1.30 bits per heavy atom. The SMILES string of the molecule is COC1CCC(N2CCCC2=O)CC1Cc1ccc(Cl)cc1Cl. The summed E-state index contributed by atoms with van der Waals surface area (Å²) in [7, 11) is 1.78. The van der Waals surface area contributed by atoms with Gasteiger partial charge in [0, 0.05) is 36.2 Å². The number of ether oxygens (including phenoxy) is 1. The average Bonchev–Trinajstić information content (AvgIpc) is 2.96. The normalized spacial score (nSPS) is 28.4. The van der Waals surface area contributed by atoms with Crippen LogP contribution in [0.5, 0.6) is 0 Å². The molecular weight excluding hydrogens is 333 g/mol.